The summed E-state index contributed by atoms with van der Waals surface area (Å²) in [6.07, 6.45) is 4.95. The fourth-order valence-corrected chi connectivity index (χ4v) is 2.89. The maximum Gasteiger partial charge on any atom is 0.253 e. The average molecular weight is 274 g/mol. The fourth-order valence-electron chi connectivity index (χ4n) is 2.89. The van der Waals surface area contributed by atoms with Gasteiger partial charge in [0.2, 0.25) is 0 Å². The Morgan fingerprint density at radius 3 is 2.60 bits per heavy atom. The Labute approximate surface area is 122 Å². The van der Waals surface area contributed by atoms with Crippen LogP contribution >= 0.6 is 0 Å². The van der Waals surface area contributed by atoms with Gasteiger partial charge in [0.1, 0.15) is 0 Å². The summed E-state index contributed by atoms with van der Waals surface area (Å²) in [7, 11) is 0. The highest BCUT2D eigenvalue weighted by atomic mass is 16.1. The molecule has 3 heteroatoms. The van der Waals surface area contributed by atoms with Gasteiger partial charge >= 0.3 is 0 Å². The monoisotopic (exact) mass is 274 g/mol. The van der Waals surface area contributed by atoms with Crippen molar-refractivity contribution in [3.8, 4) is 0 Å². The number of hydrogen-bond donors (Lipinski definition) is 2. The van der Waals surface area contributed by atoms with Crippen molar-refractivity contribution in [1.29, 1.82) is 0 Å². The van der Waals surface area contributed by atoms with Crippen molar-refractivity contribution < 1.29 is 4.79 Å². The topological polar surface area (TPSA) is 41.1 Å². The molecule has 0 atom stereocenters. The smallest absolute Gasteiger partial charge is 0.253 e. The number of anilines is 1. The molecule has 2 rings (SSSR count). The lowest BCUT2D eigenvalue weighted by Gasteiger charge is -2.41. The zero-order valence-corrected chi connectivity index (χ0v) is 12.9. The summed E-state index contributed by atoms with van der Waals surface area (Å²) in [5.74, 6) is 0.0423. The van der Waals surface area contributed by atoms with Crippen molar-refractivity contribution in [2.75, 3.05) is 18.4 Å². The molecular weight excluding hydrogens is 248 g/mol. The number of aryl methyl sites for hydroxylation is 1. The Hall–Kier alpha value is -1.51. The van der Waals surface area contributed by atoms with Gasteiger partial charge in [-0.2, -0.15) is 0 Å². The highest BCUT2D eigenvalue weighted by Gasteiger charge is 2.35. The van der Waals surface area contributed by atoms with Crippen molar-refractivity contribution in [2.24, 2.45) is 5.41 Å². The molecule has 0 saturated heterocycles. The SMILES string of the molecule is CCNc1cc(C)ccc1C(=O)NCC1(CC)CCC1. The molecule has 110 valence electrons. The Balaban J connectivity index is 2.05. The summed E-state index contributed by atoms with van der Waals surface area (Å²) in [4.78, 5) is 12.4. The van der Waals surface area contributed by atoms with Gasteiger partial charge in [0.05, 0.1) is 5.56 Å². The molecule has 3 nitrogen and oxygen atoms in total. The fraction of sp³-hybridized carbons (Fsp3) is 0.588. The van der Waals surface area contributed by atoms with Crippen LogP contribution < -0.4 is 10.6 Å². The van der Waals surface area contributed by atoms with E-state index in [0.717, 1.165) is 30.8 Å². The first kappa shape index (κ1) is 14.9. The Morgan fingerprint density at radius 2 is 2.05 bits per heavy atom. The molecule has 0 aromatic heterocycles. The third kappa shape index (κ3) is 3.14. The summed E-state index contributed by atoms with van der Waals surface area (Å²) < 4.78 is 0. The minimum Gasteiger partial charge on any atom is -0.385 e. The predicted octanol–water partition coefficient (Wildman–Crippen LogP) is 3.74. The second-order valence-corrected chi connectivity index (χ2v) is 5.97. The van der Waals surface area contributed by atoms with E-state index in [1.54, 1.807) is 0 Å². The van der Waals surface area contributed by atoms with Crippen LogP contribution in [0, 0.1) is 12.3 Å². The Bertz CT molecular complexity index is 472. The van der Waals surface area contributed by atoms with Gasteiger partial charge in [0, 0.05) is 18.8 Å². The summed E-state index contributed by atoms with van der Waals surface area (Å²) >= 11 is 0. The zero-order valence-electron chi connectivity index (χ0n) is 12.9. The standard InChI is InChI=1S/C17H26N2O/c1-4-17(9-6-10-17)12-19-16(20)14-8-7-13(3)11-15(14)18-5-2/h7-8,11,18H,4-6,9-10,12H2,1-3H3,(H,19,20). The molecule has 0 bridgehead atoms. The predicted molar refractivity (Wildman–Crippen MR) is 84.3 cm³/mol. The maximum absolute atomic E-state index is 12.4. The number of carbonyl (C=O) groups is 1. The normalized spacial score (nSPS) is 16.4. The van der Waals surface area contributed by atoms with Crippen molar-refractivity contribution >= 4 is 11.6 Å². The second kappa shape index (κ2) is 6.29. The van der Waals surface area contributed by atoms with Gasteiger partial charge in [-0.15, -0.1) is 0 Å². The molecule has 1 aromatic carbocycles. The van der Waals surface area contributed by atoms with Gasteiger partial charge in [-0.1, -0.05) is 19.4 Å². The summed E-state index contributed by atoms with van der Waals surface area (Å²) in [6.45, 7) is 7.94. The molecule has 1 amide bonds. The number of nitrogens with one attached hydrogen (secondary N) is 2. The summed E-state index contributed by atoms with van der Waals surface area (Å²) in [5, 5.41) is 6.41. The molecule has 1 saturated carbocycles. The van der Waals surface area contributed by atoms with E-state index in [9.17, 15) is 4.79 Å². The highest BCUT2D eigenvalue weighted by Crippen LogP contribution is 2.43. The van der Waals surface area contributed by atoms with E-state index in [4.69, 9.17) is 0 Å². The molecule has 1 aliphatic rings. The Kier molecular flexibility index (Phi) is 4.69. The molecule has 1 aromatic rings. The Morgan fingerprint density at radius 1 is 1.30 bits per heavy atom. The molecule has 0 spiro atoms. The minimum absolute atomic E-state index is 0.0423. The van der Waals surface area contributed by atoms with Gasteiger partial charge in [-0.25, -0.2) is 0 Å². The lowest BCUT2D eigenvalue weighted by molar-refractivity contribution is 0.0851. The maximum atomic E-state index is 12.4. The molecule has 1 fully saturated rings. The number of carbonyl (C=O) groups excluding carboxylic acids is 1. The van der Waals surface area contributed by atoms with Gasteiger partial charge in [-0.3, -0.25) is 4.79 Å². The number of amides is 1. The van der Waals surface area contributed by atoms with E-state index in [-0.39, 0.29) is 5.91 Å². The van der Waals surface area contributed by atoms with Crippen LogP contribution in [0.5, 0.6) is 0 Å². The zero-order chi connectivity index (χ0) is 14.6. The third-order valence-corrected chi connectivity index (χ3v) is 4.58. The first-order chi connectivity index (χ1) is 9.60. The van der Waals surface area contributed by atoms with E-state index < -0.39 is 0 Å². The van der Waals surface area contributed by atoms with Gasteiger partial charge in [-0.05, 0) is 56.2 Å². The number of rotatable bonds is 6. The number of hydrogen-bond acceptors (Lipinski definition) is 2. The molecule has 0 aliphatic heterocycles. The molecular formula is C17H26N2O. The molecule has 2 N–H and O–H groups in total. The van der Waals surface area contributed by atoms with E-state index >= 15 is 0 Å². The third-order valence-electron chi connectivity index (χ3n) is 4.58. The van der Waals surface area contributed by atoms with Crippen LogP contribution in [0.2, 0.25) is 0 Å². The van der Waals surface area contributed by atoms with E-state index in [0.29, 0.717) is 5.41 Å². The van der Waals surface area contributed by atoms with Gasteiger partial charge in [0.25, 0.3) is 5.91 Å². The van der Waals surface area contributed by atoms with Crippen LogP contribution in [0.3, 0.4) is 0 Å². The second-order valence-electron chi connectivity index (χ2n) is 5.97. The first-order valence-corrected chi connectivity index (χ1v) is 7.73. The molecule has 1 aliphatic carbocycles. The van der Waals surface area contributed by atoms with Crippen LogP contribution in [0.4, 0.5) is 5.69 Å². The molecule has 0 heterocycles. The molecule has 20 heavy (non-hydrogen) atoms. The average Bonchev–Trinajstić information content (AvgIpc) is 2.38. The first-order valence-electron chi connectivity index (χ1n) is 7.73. The van der Waals surface area contributed by atoms with Gasteiger partial charge < -0.3 is 10.6 Å². The quantitative estimate of drug-likeness (QED) is 0.829. The van der Waals surface area contributed by atoms with Crippen molar-refractivity contribution in [1.82, 2.24) is 5.32 Å². The van der Waals surface area contributed by atoms with Crippen molar-refractivity contribution in [2.45, 2.75) is 46.5 Å². The largest absolute Gasteiger partial charge is 0.385 e. The van der Waals surface area contributed by atoms with Crippen LogP contribution in [0.1, 0.15) is 55.5 Å². The molecule has 0 radical (unpaired) electrons. The lowest BCUT2D eigenvalue weighted by Crippen LogP contribution is -2.41. The summed E-state index contributed by atoms with van der Waals surface area (Å²) in [5.41, 5.74) is 3.22. The van der Waals surface area contributed by atoms with Crippen LogP contribution in [-0.2, 0) is 0 Å². The molecule has 0 unspecified atom stereocenters. The van der Waals surface area contributed by atoms with E-state index in [1.165, 1.54) is 24.8 Å². The summed E-state index contributed by atoms with van der Waals surface area (Å²) in [6, 6.07) is 5.95. The van der Waals surface area contributed by atoms with Crippen LogP contribution in [-0.4, -0.2) is 19.0 Å². The number of benzene rings is 1. The van der Waals surface area contributed by atoms with Crippen LogP contribution in [0.15, 0.2) is 18.2 Å². The van der Waals surface area contributed by atoms with E-state index in [2.05, 4.69) is 17.6 Å². The van der Waals surface area contributed by atoms with Crippen molar-refractivity contribution in [3.63, 3.8) is 0 Å². The minimum atomic E-state index is 0.0423. The van der Waals surface area contributed by atoms with Gasteiger partial charge in [0.15, 0.2) is 0 Å². The highest BCUT2D eigenvalue weighted by molar-refractivity contribution is 5.99. The van der Waals surface area contributed by atoms with E-state index in [1.807, 2.05) is 32.0 Å². The van der Waals surface area contributed by atoms with Crippen molar-refractivity contribution in [3.05, 3.63) is 29.3 Å². The lowest BCUT2D eigenvalue weighted by atomic mass is 9.67. The van der Waals surface area contributed by atoms with Crippen LogP contribution in [0.25, 0.3) is 0 Å².